The molecule has 0 bridgehead atoms. The van der Waals surface area contributed by atoms with Gasteiger partial charge in [0.2, 0.25) is 0 Å². The van der Waals surface area contributed by atoms with Crippen LogP contribution in [-0.4, -0.2) is 34.7 Å². The van der Waals surface area contributed by atoms with Gasteiger partial charge in [-0.05, 0) is 39.2 Å². The Bertz CT molecular complexity index is 830. The number of alkyl carbamates (subject to hydrolysis) is 1. The summed E-state index contributed by atoms with van der Waals surface area (Å²) in [5.41, 5.74) is 0.294. The molecule has 2 N–H and O–H groups in total. The summed E-state index contributed by atoms with van der Waals surface area (Å²) in [5.74, 6) is -0.0944. The van der Waals surface area contributed by atoms with E-state index < -0.39 is 29.7 Å². The number of nitrogens with one attached hydrogen (secondary N) is 2. The number of benzene rings is 1. The number of carbonyl (C=O) groups is 2. The van der Waals surface area contributed by atoms with Crippen molar-refractivity contribution in [3.8, 4) is 0 Å². The molecule has 0 spiro atoms. The summed E-state index contributed by atoms with van der Waals surface area (Å²) in [6, 6.07) is 8.68. The molecule has 1 unspecified atom stereocenters. The van der Waals surface area contributed by atoms with Gasteiger partial charge in [-0.25, -0.2) is 9.78 Å². The maximum atomic E-state index is 13.0. The summed E-state index contributed by atoms with van der Waals surface area (Å²) in [5, 5.41) is 5.90. The third-order valence-electron chi connectivity index (χ3n) is 4.10. The Morgan fingerprint density at radius 3 is 2.37 bits per heavy atom. The molecule has 2 aromatic rings. The highest BCUT2D eigenvalue weighted by molar-refractivity contribution is 7.15. The van der Waals surface area contributed by atoms with E-state index in [4.69, 9.17) is 9.47 Å². The van der Waals surface area contributed by atoms with Gasteiger partial charge in [-0.1, -0.05) is 44.2 Å². The number of carbonyl (C=O) groups excluding carboxylic acids is 2. The fraction of sp³-hybridized carbons (Fsp3) is 0.500. The molecule has 1 aromatic heterocycles. The molecule has 164 valence electrons. The Hall–Kier alpha value is -2.45. The fourth-order valence-corrected chi connectivity index (χ4v) is 3.34. The van der Waals surface area contributed by atoms with Crippen molar-refractivity contribution in [2.75, 3.05) is 5.32 Å². The zero-order valence-corrected chi connectivity index (χ0v) is 19.2. The van der Waals surface area contributed by atoms with Crippen LogP contribution >= 0.6 is 11.3 Å². The number of hydrogen-bond acceptors (Lipinski definition) is 6. The molecule has 2 atom stereocenters. The van der Waals surface area contributed by atoms with Crippen molar-refractivity contribution in [2.24, 2.45) is 0 Å². The van der Waals surface area contributed by atoms with Gasteiger partial charge in [0.1, 0.15) is 11.6 Å². The Balaban J connectivity index is 2.09. The van der Waals surface area contributed by atoms with E-state index in [-0.39, 0.29) is 0 Å². The summed E-state index contributed by atoms with van der Waals surface area (Å²) >= 11 is 1.41. The van der Waals surface area contributed by atoms with Crippen molar-refractivity contribution in [3.05, 3.63) is 47.0 Å². The Kier molecular flexibility index (Phi) is 8.37. The van der Waals surface area contributed by atoms with Crippen LogP contribution < -0.4 is 10.6 Å². The highest BCUT2D eigenvalue weighted by atomic mass is 32.1. The molecule has 0 aliphatic carbocycles. The quantitative estimate of drug-likeness (QED) is 0.630. The number of ether oxygens (including phenoxy) is 2. The monoisotopic (exact) mass is 433 g/mol. The van der Waals surface area contributed by atoms with Crippen LogP contribution in [0.4, 0.5) is 9.93 Å². The fourth-order valence-electron chi connectivity index (χ4n) is 2.52. The van der Waals surface area contributed by atoms with Gasteiger partial charge >= 0.3 is 6.09 Å². The Morgan fingerprint density at radius 2 is 1.80 bits per heavy atom. The maximum absolute atomic E-state index is 13.0. The van der Waals surface area contributed by atoms with Crippen LogP contribution in [0.15, 0.2) is 36.5 Å². The molecule has 2 amide bonds. The minimum absolute atomic E-state index is 0.316. The van der Waals surface area contributed by atoms with E-state index in [0.717, 1.165) is 10.4 Å². The van der Waals surface area contributed by atoms with Crippen LogP contribution in [0.25, 0.3) is 0 Å². The molecular formula is C22H31N3O4S. The predicted molar refractivity (Wildman–Crippen MR) is 119 cm³/mol. The maximum Gasteiger partial charge on any atom is 0.408 e. The molecule has 0 aliphatic heterocycles. The highest BCUT2D eigenvalue weighted by Gasteiger charge is 2.30. The van der Waals surface area contributed by atoms with Crippen molar-refractivity contribution in [3.63, 3.8) is 0 Å². The van der Waals surface area contributed by atoms with Crippen molar-refractivity contribution < 1.29 is 19.1 Å². The third-order valence-corrected chi connectivity index (χ3v) is 5.32. The molecule has 0 radical (unpaired) electrons. The van der Waals surface area contributed by atoms with Crippen molar-refractivity contribution in [1.82, 2.24) is 10.3 Å². The van der Waals surface area contributed by atoms with Gasteiger partial charge in [-0.2, -0.15) is 0 Å². The topological polar surface area (TPSA) is 89.6 Å². The minimum atomic E-state index is -0.949. The first-order chi connectivity index (χ1) is 14.0. The first-order valence-electron chi connectivity index (χ1n) is 9.97. The minimum Gasteiger partial charge on any atom is -0.444 e. The second-order valence-electron chi connectivity index (χ2n) is 8.34. The summed E-state index contributed by atoms with van der Waals surface area (Å²) in [6.07, 6.45) is 0.471. The van der Waals surface area contributed by atoms with Gasteiger partial charge in [0.25, 0.3) is 5.91 Å². The van der Waals surface area contributed by atoms with E-state index in [2.05, 4.69) is 29.5 Å². The van der Waals surface area contributed by atoms with E-state index in [9.17, 15) is 9.59 Å². The molecule has 0 aliphatic rings. The molecule has 8 heteroatoms. The largest absolute Gasteiger partial charge is 0.444 e. The standard InChI is InChI=1S/C22H31N3O4S/c1-14(2)17-12-23-20(30-17)25-19(26)18(24-21(27)29-22(4,5)6)15(3)28-13-16-10-8-7-9-11-16/h7-12,14-15,18H,13H2,1-6H3,(H,24,27)(H,23,25,26)/t15?,18-/m0/s1. The Morgan fingerprint density at radius 1 is 1.13 bits per heavy atom. The van der Waals surface area contributed by atoms with Gasteiger partial charge in [0.05, 0.1) is 12.7 Å². The predicted octanol–water partition coefficient (Wildman–Crippen LogP) is 4.70. The molecule has 0 saturated carbocycles. The van der Waals surface area contributed by atoms with Gasteiger partial charge < -0.3 is 20.1 Å². The molecular weight excluding hydrogens is 402 g/mol. The average Bonchev–Trinajstić information content (AvgIpc) is 3.12. The number of hydrogen-bond donors (Lipinski definition) is 2. The average molecular weight is 434 g/mol. The van der Waals surface area contributed by atoms with Crippen LogP contribution in [-0.2, 0) is 20.9 Å². The van der Waals surface area contributed by atoms with Crippen molar-refractivity contribution >= 4 is 28.5 Å². The zero-order chi connectivity index (χ0) is 22.3. The molecule has 2 rings (SSSR count). The lowest BCUT2D eigenvalue weighted by atomic mass is 10.1. The summed E-state index contributed by atoms with van der Waals surface area (Å²) in [6.45, 7) is 11.5. The van der Waals surface area contributed by atoms with Crippen LogP contribution in [0, 0.1) is 0 Å². The van der Waals surface area contributed by atoms with E-state index in [1.807, 2.05) is 30.3 Å². The highest BCUT2D eigenvalue weighted by Crippen LogP contribution is 2.25. The second kappa shape index (κ2) is 10.5. The lowest BCUT2D eigenvalue weighted by Crippen LogP contribution is -2.52. The molecule has 1 aromatic carbocycles. The van der Waals surface area contributed by atoms with E-state index >= 15 is 0 Å². The van der Waals surface area contributed by atoms with E-state index in [0.29, 0.717) is 17.7 Å². The van der Waals surface area contributed by atoms with Gasteiger partial charge in [-0.15, -0.1) is 11.3 Å². The molecule has 30 heavy (non-hydrogen) atoms. The molecule has 1 heterocycles. The summed E-state index contributed by atoms with van der Waals surface area (Å²) in [4.78, 5) is 30.6. The smallest absolute Gasteiger partial charge is 0.408 e. The first kappa shape index (κ1) is 23.8. The number of nitrogens with zero attached hydrogens (tertiary/aromatic N) is 1. The number of rotatable bonds is 8. The lowest BCUT2D eigenvalue weighted by molar-refractivity contribution is -0.122. The lowest BCUT2D eigenvalue weighted by Gasteiger charge is -2.26. The number of anilines is 1. The number of aromatic nitrogens is 1. The first-order valence-corrected chi connectivity index (χ1v) is 10.8. The number of thiazole rings is 1. The summed E-state index contributed by atoms with van der Waals surface area (Å²) in [7, 11) is 0. The van der Waals surface area contributed by atoms with Gasteiger partial charge in [0.15, 0.2) is 5.13 Å². The second-order valence-corrected chi connectivity index (χ2v) is 9.40. The molecule has 7 nitrogen and oxygen atoms in total. The van der Waals surface area contributed by atoms with Crippen molar-refractivity contribution in [2.45, 2.75) is 71.8 Å². The van der Waals surface area contributed by atoms with Crippen LogP contribution in [0.2, 0.25) is 0 Å². The van der Waals surface area contributed by atoms with E-state index in [1.54, 1.807) is 33.9 Å². The van der Waals surface area contributed by atoms with E-state index in [1.165, 1.54) is 11.3 Å². The molecule has 0 saturated heterocycles. The third kappa shape index (κ3) is 7.76. The van der Waals surface area contributed by atoms with Crippen molar-refractivity contribution in [1.29, 1.82) is 0 Å². The summed E-state index contributed by atoms with van der Waals surface area (Å²) < 4.78 is 11.2. The SMILES string of the molecule is CC(C)c1cnc(NC(=O)[C@@H](NC(=O)OC(C)(C)C)C(C)OCc2ccccc2)s1. The van der Waals surface area contributed by atoms with Gasteiger partial charge in [0, 0.05) is 11.1 Å². The van der Waals surface area contributed by atoms with Crippen LogP contribution in [0.1, 0.15) is 57.9 Å². The zero-order valence-electron chi connectivity index (χ0n) is 18.4. The Labute approximate surface area is 182 Å². The molecule has 0 fully saturated rings. The number of amides is 2. The van der Waals surface area contributed by atoms with Crippen LogP contribution in [0.3, 0.4) is 0 Å². The van der Waals surface area contributed by atoms with Gasteiger partial charge in [-0.3, -0.25) is 4.79 Å². The van der Waals surface area contributed by atoms with Crippen LogP contribution in [0.5, 0.6) is 0 Å². The normalized spacial score (nSPS) is 13.6.